The van der Waals surface area contributed by atoms with Gasteiger partial charge in [-0.15, -0.1) is 0 Å². The molecule has 0 aliphatic heterocycles. The maximum absolute atomic E-state index is 12.3. The molecule has 0 aromatic heterocycles. The summed E-state index contributed by atoms with van der Waals surface area (Å²) in [6, 6.07) is 3.23. The molecule has 3 nitrogen and oxygen atoms in total. The maximum Gasteiger partial charge on any atom is 0.253 e. The van der Waals surface area contributed by atoms with E-state index in [4.69, 9.17) is 28.9 Å². The molecule has 2 N–H and O–H groups in total. The molecule has 1 rings (SSSR count). The number of carbonyl (C=O) groups excluding carboxylic acids is 1. The van der Waals surface area contributed by atoms with Crippen LogP contribution in [0, 0.1) is 5.92 Å². The van der Waals surface area contributed by atoms with Crippen molar-refractivity contribution in [3.8, 4) is 0 Å². The van der Waals surface area contributed by atoms with Gasteiger partial charge >= 0.3 is 0 Å². The number of halogens is 2. The number of nitrogens with two attached hydrogens (primary N) is 1. The predicted octanol–water partition coefficient (Wildman–Crippen LogP) is 3.69. The SMILES string of the molecule is CC(C)C(C)N(C)C(=O)c1cc(Cl)c(N)c(Cl)c1. The fraction of sp³-hybridized carbons (Fsp3) is 0.462. The first-order chi connectivity index (χ1) is 8.25. The Morgan fingerprint density at radius 3 is 2.06 bits per heavy atom. The molecule has 1 atom stereocenters. The minimum absolute atomic E-state index is 0.111. The van der Waals surface area contributed by atoms with Crippen LogP contribution in [0.2, 0.25) is 10.0 Å². The standard InChI is InChI=1S/C13H18Cl2N2O/c1-7(2)8(3)17(4)13(18)9-5-10(14)12(16)11(15)6-9/h5-8H,16H2,1-4H3. The quantitative estimate of drug-likeness (QED) is 0.862. The molecule has 0 radical (unpaired) electrons. The number of hydrogen-bond acceptors (Lipinski definition) is 2. The molecule has 0 aliphatic rings. The number of rotatable bonds is 3. The van der Waals surface area contributed by atoms with Crippen LogP contribution in [0.15, 0.2) is 12.1 Å². The zero-order valence-corrected chi connectivity index (χ0v) is 12.5. The first-order valence-corrected chi connectivity index (χ1v) is 6.53. The van der Waals surface area contributed by atoms with Gasteiger partial charge in [0.1, 0.15) is 0 Å². The second kappa shape index (κ2) is 5.81. The third kappa shape index (κ3) is 3.09. The Morgan fingerprint density at radius 2 is 1.67 bits per heavy atom. The highest BCUT2D eigenvalue weighted by Crippen LogP contribution is 2.29. The van der Waals surface area contributed by atoms with Gasteiger partial charge < -0.3 is 10.6 Å². The monoisotopic (exact) mass is 288 g/mol. The number of nitrogen functional groups attached to an aromatic ring is 1. The number of nitrogens with zero attached hydrogens (tertiary/aromatic N) is 1. The van der Waals surface area contributed by atoms with Gasteiger partial charge in [-0.25, -0.2) is 0 Å². The van der Waals surface area contributed by atoms with Crippen LogP contribution in [0.1, 0.15) is 31.1 Å². The Kier molecular flexibility index (Phi) is 4.88. The van der Waals surface area contributed by atoms with Gasteiger partial charge in [0, 0.05) is 18.7 Å². The van der Waals surface area contributed by atoms with Gasteiger partial charge in [-0.1, -0.05) is 37.0 Å². The number of carbonyl (C=O) groups is 1. The summed E-state index contributed by atoms with van der Waals surface area (Å²) in [7, 11) is 1.77. The van der Waals surface area contributed by atoms with Gasteiger partial charge in [0.05, 0.1) is 15.7 Å². The first kappa shape index (κ1) is 15.1. The summed E-state index contributed by atoms with van der Waals surface area (Å²) in [5, 5.41) is 0.605. The molecule has 1 unspecified atom stereocenters. The first-order valence-electron chi connectivity index (χ1n) is 5.77. The smallest absolute Gasteiger partial charge is 0.253 e. The van der Waals surface area contributed by atoms with E-state index in [9.17, 15) is 4.79 Å². The summed E-state index contributed by atoms with van der Waals surface area (Å²) in [5.41, 5.74) is 6.40. The summed E-state index contributed by atoms with van der Waals surface area (Å²) < 4.78 is 0. The molecule has 0 bridgehead atoms. The summed E-state index contributed by atoms with van der Waals surface area (Å²) >= 11 is 11.9. The molecule has 0 heterocycles. The van der Waals surface area contributed by atoms with Crippen LogP contribution in [-0.2, 0) is 0 Å². The molecule has 0 fully saturated rings. The third-order valence-corrected chi connectivity index (χ3v) is 3.85. The zero-order chi connectivity index (χ0) is 14.0. The number of hydrogen-bond donors (Lipinski definition) is 1. The lowest BCUT2D eigenvalue weighted by molar-refractivity contribution is 0.0707. The molecule has 0 aliphatic carbocycles. The van der Waals surface area contributed by atoms with Crippen molar-refractivity contribution in [2.45, 2.75) is 26.8 Å². The number of amides is 1. The van der Waals surface area contributed by atoms with Crippen molar-refractivity contribution in [2.24, 2.45) is 5.92 Å². The van der Waals surface area contributed by atoms with Crippen LogP contribution in [0.4, 0.5) is 5.69 Å². The van der Waals surface area contributed by atoms with E-state index in [1.807, 2.05) is 6.92 Å². The molecule has 0 saturated carbocycles. The van der Waals surface area contributed by atoms with E-state index >= 15 is 0 Å². The Morgan fingerprint density at radius 1 is 1.22 bits per heavy atom. The molecule has 1 amide bonds. The van der Waals surface area contributed by atoms with Crippen molar-refractivity contribution in [3.63, 3.8) is 0 Å². The van der Waals surface area contributed by atoms with Crippen molar-refractivity contribution in [1.82, 2.24) is 4.90 Å². The molecule has 0 spiro atoms. The van der Waals surface area contributed by atoms with E-state index in [0.717, 1.165) is 0 Å². The summed E-state index contributed by atoms with van der Waals surface area (Å²) in [6.07, 6.45) is 0. The fourth-order valence-corrected chi connectivity index (χ4v) is 2.03. The van der Waals surface area contributed by atoms with E-state index in [1.165, 1.54) is 0 Å². The summed E-state index contributed by atoms with van der Waals surface area (Å²) in [4.78, 5) is 14.0. The lowest BCUT2D eigenvalue weighted by Crippen LogP contribution is -2.38. The van der Waals surface area contributed by atoms with E-state index in [1.54, 1.807) is 24.1 Å². The van der Waals surface area contributed by atoms with Crippen LogP contribution in [-0.4, -0.2) is 23.9 Å². The van der Waals surface area contributed by atoms with Crippen molar-refractivity contribution in [3.05, 3.63) is 27.7 Å². The van der Waals surface area contributed by atoms with Crippen LogP contribution in [0.5, 0.6) is 0 Å². The van der Waals surface area contributed by atoms with Crippen LogP contribution < -0.4 is 5.73 Å². The lowest BCUT2D eigenvalue weighted by Gasteiger charge is -2.28. The van der Waals surface area contributed by atoms with E-state index < -0.39 is 0 Å². The zero-order valence-electron chi connectivity index (χ0n) is 11.0. The molecule has 1 aromatic carbocycles. The summed E-state index contributed by atoms with van der Waals surface area (Å²) in [5.74, 6) is 0.263. The number of benzene rings is 1. The largest absolute Gasteiger partial charge is 0.396 e. The van der Waals surface area contributed by atoms with Gasteiger partial charge in [-0.2, -0.15) is 0 Å². The van der Waals surface area contributed by atoms with Crippen LogP contribution in [0.25, 0.3) is 0 Å². The van der Waals surface area contributed by atoms with Crippen molar-refractivity contribution in [1.29, 1.82) is 0 Å². The average molecular weight is 289 g/mol. The third-order valence-electron chi connectivity index (χ3n) is 3.22. The Labute approximate surface area is 118 Å². The minimum atomic E-state index is -0.111. The molecule has 1 aromatic rings. The normalized spacial score (nSPS) is 12.6. The number of anilines is 1. The molecule has 18 heavy (non-hydrogen) atoms. The molecular formula is C13H18Cl2N2O. The summed E-state index contributed by atoms with van der Waals surface area (Å²) in [6.45, 7) is 6.14. The van der Waals surface area contributed by atoms with Gasteiger partial charge in [-0.05, 0) is 25.0 Å². The highest BCUT2D eigenvalue weighted by Gasteiger charge is 2.21. The van der Waals surface area contributed by atoms with Gasteiger partial charge in [0.15, 0.2) is 0 Å². The Bertz CT molecular complexity index is 437. The fourth-order valence-electron chi connectivity index (χ4n) is 1.54. The van der Waals surface area contributed by atoms with Crippen LogP contribution >= 0.6 is 23.2 Å². The van der Waals surface area contributed by atoms with Crippen molar-refractivity contribution in [2.75, 3.05) is 12.8 Å². The highest BCUT2D eigenvalue weighted by molar-refractivity contribution is 6.39. The van der Waals surface area contributed by atoms with E-state index in [-0.39, 0.29) is 11.9 Å². The molecule has 100 valence electrons. The molecule has 0 saturated heterocycles. The highest BCUT2D eigenvalue weighted by atomic mass is 35.5. The Hall–Kier alpha value is -0.930. The topological polar surface area (TPSA) is 46.3 Å². The van der Waals surface area contributed by atoms with Crippen molar-refractivity contribution >= 4 is 34.8 Å². The molecular weight excluding hydrogens is 271 g/mol. The van der Waals surface area contributed by atoms with E-state index in [2.05, 4.69) is 13.8 Å². The van der Waals surface area contributed by atoms with Gasteiger partial charge in [0.25, 0.3) is 5.91 Å². The van der Waals surface area contributed by atoms with Gasteiger partial charge in [-0.3, -0.25) is 4.79 Å². The van der Waals surface area contributed by atoms with Crippen LogP contribution in [0.3, 0.4) is 0 Å². The Balaban J connectivity index is 3.05. The lowest BCUT2D eigenvalue weighted by atomic mass is 10.0. The van der Waals surface area contributed by atoms with Gasteiger partial charge in [0.2, 0.25) is 0 Å². The predicted molar refractivity (Wildman–Crippen MR) is 77.3 cm³/mol. The molecule has 5 heteroatoms. The van der Waals surface area contributed by atoms with E-state index in [0.29, 0.717) is 27.2 Å². The second-order valence-electron chi connectivity index (χ2n) is 4.75. The van der Waals surface area contributed by atoms with Crippen molar-refractivity contribution < 1.29 is 4.79 Å². The maximum atomic E-state index is 12.3. The second-order valence-corrected chi connectivity index (χ2v) is 5.57. The minimum Gasteiger partial charge on any atom is -0.396 e. The average Bonchev–Trinajstić information content (AvgIpc) is 2.32.